The predicted molar refractivity (Wildman–Crippen MR) is 101 cm³/mol. The van der Waals surface area contributed by atoms with Crippen LogP contribution in [0.1, 0.15) is 28.1 Å². The number of rotatable bonds is 5. The second kappa shape index (κ2) is 7.85. The first-order chi connectivity index (χ1) is 13.2. The second-order valence-corrected chi connectivity index (χ2v) is 7.59. The van der Waals surface area contributed by atoms with Crippen LogP contribution in [0.25, 0.3) is 5.69 Å². The Morgan fingerprint density at radius 3 is 2.81 bits per heavy atom. The van der Waals surface area contributed by atoms with Crippen molar-refractivity contribution in [2.75, 3.05) is 13.1 Å². The van der Waals surface area contributed by atoms with Crippen LogP contribution in [-0.2, 0) is 6.54 Å². The van der Waals surface area contributed by atoms with E-state index in [1.54, 1.807) is 23.5 Å². The van der Waals surface area contributed by atoms with Crippen LogP contribution in [0.2, 0.25) is 0 Å². The third kappa shape index (κ3) is 4.15. The first kappa shape index (κ1) is 17.6. The number of amides is 1. The van der Waals surface area contributed by atoms with E-state index in [-0.39, 0.29) is 23.3 Å². The van der Waals surface area contributed by atoms with Crippen molar-refractivity contribution in [1.82, 2.24) is 30.4 Å². The van der Waals surface area contributed by atoms with Crippen molar-refractivity contribution in [2.24, 2.45) is 0 Å². The summed E-state index contributed by atoms with van der Waals surface area (Å²) < 4.78 is 1.42. The number of phenols is 1. The third-order valence-corrected chi connectivity index (χ3v) is 5.58. The molecule has 3 heterocycles. The Balaban J connectivity index is 1.33. The van der Waals surface area contributed by atoms with Crippen LogP contribution in [0.15, 0.2) is 42.0 Å². The summed E-state index contributed by atoms with van der Waals surface area (Å²) in [5.74, 6) is -0.344. The number of tetrazole rings is 1. The summed E-state index contributed by atoms with van der Waals surface area (Å²) in [7, 11) is 0. The van der Waals surface area contributed by atoms with Crippen LogP contribution in [0.3, 0.4) is 0 Å². The van der Waals surface area contributed by atoms with E-state index >= 15 is 0 Å². The van der Waals surface area contributed by atoms with Crippen molar-refractivity contribution < 1.29 is 9.90 Å². The van der Waals surface area contributed by atoms with Crippen molar-refractivity contribution in [2.45, 2.75) is 25.4 Å². The van der Waals surface area contributed by atoms with Gasteiger partial charge < -0.3 is 10.4 Å². The van der Waals surface area contributed by atoms with Gasteiger partial charge in [-0.3, -0.25) is 9.69 Å². The Bertz CT molecular complexity index is 889. The number of thiophene rings is 1. The van der Waals surface area contributed by atoms with Crippen LogP contribution >= 0.6 is 11.3 Å². The molecular formula is C18H20N6O2S. The van der Waals surface area contributed by atoms with E-state index in [4.69, 9.17) is 0 Å². The van der Waals surface area contributed by atoms with Gasteiger partial charge in [0.2, 0.25) is 0 Å². The minimum atomic E-state index is -0.257. The van der Waals surface area contributed by atoms with Gasteiger partial charge in [-0.2, -0.15) is 0 Å². The molecule has 8 nitrogen and oxygen atoms in total. The number of nitrogens with zero attached hydrogens (tertiary/aromatic N) is 5. The number of carbonyl (C=O) groups is 1. The lowest BCUT2D eigenvalue weighted by Gasteiger charge is -2.32. The lowest BCUT2D eigenvalue weighted by atomic mass is 10.0. The molecule has 0 bridgehead atoms. The van der Waals surface area contributed by atoms with Crippen molar-refractivity contribution in [3.05, 3.63) is 52.5 Å². The Hall–Kier alpha value is -2.78. The monoisotopic (exact) mass is 384 g/mol. The average Bonchev–Trinajstić information content (AvgIpc) is 3.37. The van der Waals surface area contributed by atoms with Gasteiger partial charge in [-0.15, -0.1) is 16.4 Å². The molecule has 2 aromatic heterocycles. The van der Waals surface area contributed by atoms with Gasteiger partial charge in [-0.05, 0) is 46.8 Å². The predicted octanol–water partition coefficient (Wildman–Crippen LogP) is 1.82. The van der Waals surface area contributed by atoms with Crippen LogP contribution < -0.4 is 5.32 Å². The topological polar surface area (TPSA) is 96.2 Å². The van der Waals surface area contributed by atoms with E-state index in [1.807, 2.05) is 0 Å². The van der Waals surface area contributed by atoms with Gasteiger partial charge in [0, 0.05) is 36.6 Å². The minimum Gasteiger partial charge on any atom is -0.507 e. The zero-order valence-corrected chi connectivity index (χ0v) is 15.5. The molecule has 3 aromatic rings. The molecule has 1 aliphatic heterocycles. The minimum absolute atomic E-state index is 0.0874. The lowest BCUT2D eigenvalue weighted by molar-refractivity contribution is 0.0906. The van der Waals surface area contributed by atoms with Gasteiger partial charge in [0.05, 0.1) is 11.3 Å². The zero-order chi connectivity index (χ0) is 18.6. The fourth-order valence-electron chi connectivity index (χ4n) is 3.26. The molecule has 4 rings (SSSR count). The maximum absolute atomic E-state index is 12.5. The van der Waals surface area contributed by atoms with Crippen molar-refractivity contribution in [3.63, 3.8) is 0 Å². The van der Waals surface area contributed by atoms with Crippen LogP contribution in [-0.4, -0.2) is 55.3 Å². The quantitative estimate of drug-likeness (QED) is 0.697. The van der Waals surface area contributed by atoms with Gasteiger partial charge >= 0.3 is 0 Å². The van der Waals surface area contributed by atoms with Gasteiger partial charge in [-0.1, -0.05) is 6.07 Å². The Morgan fingerprint density at radius 2 is 2.15 bits per heavy atom. The highest BCUT2D eigenvalue weighted by Gasteiger charge is 2.22. The molecule has 2 N–H and O–H groups in total. The maximum Gasteiger partial charge on any atom is 0.255 e. The summed E-state index contributed by atoms with van der Waals surface area (Å²) in [6.45, 7) is 2.87. The molecule has 140 valence electrons. The number of phenolic OH excluding ortho intramolecular Hbond substituents is 1. The molecule has 1 saturated heterocycles. The number of benzene rings is 1. The van der Waals surface area contributed by atoms with Crippen LogP contribution in [0.5, 0.6) is 5.75 Å². The summed E-state index contributed by atoms with van der Waals surface area (Å²) in [5, 5.41) is 26.3. The molecule has 1 fully saturated rings. The van der Waals surface area contributed by atoms with E-state index in [2.05, 4.69) is 43.3 Å². The molecule has 0 spiro atoms. The number of nitrogens with one attached hydrogen (secondary N) is 1. The van der Waals surface area contributed by atoms with E-state index in [0.29, 0.717) is 5.69 Å². The number of hydrogen-bond donors (Lipinski definition) is 2. The maximum atomic E-state index is 12.5. The smallest absolute Gasteiger partial charge is 0.255 e. The van der Waals surface area contributed by atoms with E-state index in [0.717, 1.165) is 32.5 Å². The van der Waals surface area contributed by atoms with E-state index in [9.17, 15) is 9.90 Å². The molecule has 0 atom stereocenters. The molecule has 9 heteroatoms. The molecule has 0 unspecified atom stereocenters. The van der Waals surface area contributed by atoms with Gasteiger partial charge in [-0.25, -0.2) is 4.68 Å². The molecule has 1 aromatic carbocycles. The Kier molecular flexibility index (Phi) is 5.12. The number of likely N-dealkylation sites (tertiary alicyclic amines) is 1. The normalized spacial score (nSPS) is 15.7. The molecular weight excluding hydrogens is 364 g/mol. The highest BCUT2D eigenvalue weighted by Crippen LogP contribution is 2.22. The number of carbonyl (C=O) groups excluding carboxylic acids is 1. The molecule has 0 saturated carbocycles. The van der Waals surface area contributed by atoms with Crippen LogP contribution in [0, 0.1) is 0 Å². The summed E-state index contributed by atoms with van der Waals surface area (Å²) in [6.07, 6.45) is 3.24. The first-order valence-corrected chi connectivity index (χ1v) is 9.69. The summed E-state index contributed by atoms with van der Waals surface area (Å²) >= 11 is 1.77. The largest absolute Gasteiger partial charge is 0.507 e. The molecule has 27 heavy (non-hydrogen) atoms. The second-order valence-electron chi connectivity index (χ2n) is 6.56. The van der Waals surface area contributed by atoms with Crippen molar-refractivity contribution in [1.29, 1.82) is 0 Å². The number of hydrogen-bond acceptors (Lipinski definition) is 7. The Morgan fingerprint density at radius 1 is 1.30 bits per heavy atom. The van der Waals surface area contributed by atoms with Crippen LogP contribution in [0.4, 0.5) is 0 Å². The average molecular weight is 384 g/mol. The summed E-state index contributed by atoms with van der Waals surface area (Å²) in [6, 6.07) is 9.12. The van der Waals surface area contributed by atoms with E-state index in [1.165, 1.54) is 22.0 Å². The fraction of sp³-hybridized carbons (Fsp3) is 0.333. The zero-order valence-electron chi connectivity index (χ0n) is 14.7. The molecule has 1 amide bonds. The standard InChI is InChI=1S/C18H20N6O2S/c25-17-10-14(24-12-19-21-22-24)3-4-16(17)18(26)20-13-5-7-23(8-6-13)11-15-2-1-9-27-15/h1-4,9-10,12-13,25H,5-8,11H2,(H,20,26). The Labute approximate surface area is 160 Å². The number of aromatic nitrogens is 4. The van der Waals surface area contributed by atoms with Gasteiger partial charge in [0.15, 0.2) is 0 Å². The number of piperidine rings is 1. The van der Waals surface area contributed by atoms with E-state index < -0.39 is 0 Å². The number of aromatic hydroxyl groups is 1. The molecule has 0 radical (unpaired) electrons. The molecule has 1 aliphatic rings. The molecule has 0 aliphatic carbocycles. The summed E-state index contributed by atoms with van der Waals surface area (Å²) in [5.41, 5.74) is 0.851. The van der Waals surface area contributed by atoms with Crippen molar-refractivity contribution in [3.8, 4) is 11.4 Å². The SMILES string of the molecule is O=C(NC1CCN(Cc2cccs2)CC1)c1ccc(-n2cnnn2)cc1O. The lowest BCUT2D eigenvalue weighted by Crippen LogP contribution is -2.44. The summed E-state index contributed by atoms with van der Waals surface area (Å²) in [4.78, 5) is 16.3. The first-order valence-electron chi connectivity index (χ1n) is 8.81. The highest BCUT2D eigenvalue weighted by molar-refractivity contribution is 7.09. The van der Waals surface area contributed by atoms with Gasteiger partial charge in [0.1, 0.15) is 12.1 Å². The third-order valence-electron chi connectivity index (χ3n) is 4.72. The fourth-order valence-corrected chi connectivity index (χ4v) is 4.00. The van der Waals surface area contributed by atoms with Crippen molar-refractivity contribution >= 4 is 17.2 Å². The van der Waals surface area contributed by atoms with Gasteiger partial charge in [0.25, 0.3) is 5.91 Å². The highest BCUT2D eigenvalue weighted by atomic mass is 32.1.